The number of hydrogen-bond acceptors (Lipinski definition) is 4. The fourth-order valence-corrected chi connectivity index (χ4v) is 4.56. The second-order valence-corrected chi connectivity index (χ2v) is 10.3. The van der Waals surface area contributed by atoms with E-state index in [0.717, 1.165) is 10.6 Å². The number of carbonyl (C=O) groups excluding carboxylic acids is 2. The molecule has 2 aromatic rings. The van der Waals surface area contributed by atoms with Crippen molar-refractivity contribution in [3.05, 3.63) is 63.1 Å². The molecule has 0 saturated carbocycles. The van der Waals surface area contributed by atoms with Crippen LogP contribution in [0.25, 0.3) is 0 Å². The summed E-state index contributed by atoms with van der Waals surface area (Å²) >= 11 is 18.3. The molecule has 0 heterocycles. The number of amides is 2. The largest absolute Gasteiger partial charge is 0.355 e. The normalized spacial score (nSPS) is 12.2. The zero-order chi connectivity index (χ0) is 24.1. The number of benzene rings is 2. The first-order valence-corrected chi connectivity index (χ1v) is 12.7. The fraction of sp³-hybridized carbons (Fsp3) is 0.333. The molecule has 0 bridgehead atoms. The van der Waals surface area contributed by atoms with Crippen molar-refractivity contribution in [2.45, 2.75) is 26.4 Å². The second kappa shape index (κ2) is 11.2. The van der Waals surface area contributed by atoms with E-state index in [0.29, 0.717) is 17.1 Å². The van der Waals surface area contributed by atoms with Gasteiger partial charge in [0.2, 0.25) is 21.8 Å². The molecule has 2 aromatic carbocycles. The van der Waals surface area contributed by atoms with Crippen molar-refractivity contribution >= 4 is 62.3 Å². The quantitative estimate of drug-likeness (QED) is 0.542. The van der Waals surface area contributed by atoms with Crippen molar-refractivity contribution in [3.63, 3.8) is 0 Å². The highest BCUT2D eigenvalue weighted by Crippen LogP contribution is 2.27. The van der Waals surface area contributed by atoms with Gasteiger partial charge in [-0.2, -0.15) is 0 Å². The standard InChI is InChI=1S/C21H24Cl3N3O4S/c1-4-25-21(29)14(2)26(12-15-7-5-6-8-19(15)24)20(28)13-27(32(3,30)31)18-10-16(22)9-17(23)11-18/h5-11,14H,4,12-13H2,1-3H3,(H,25,29)/t14-/m0/s1. The lowest BCUT2D eigenvalue weighted by atomic mass is 10.1. The lowest BCUT2D eigenvalue weighted by molar-refractivity contribution is -0.139. The number of nitrogens with zero attached hydrogens (tertiary/aromatic N) is 2. The monoisotopic (exact) mass is 519 g/mol. The molecule has 7 nitrogen and oxygen atoms in total. The van der Waals surface area contributed by atoms with Gasteiger partial charge in [0, 0.05) is 28.2 Å². The summed E-state index contributed by atoms with van der Waals surface area (Å²) in [6.07, 6.45) is 0.973. The first kappa shape index (κ1) is 26.3. The van der Waals surface area contributed by atoms with Crippen molar-refractivity contribution in [2.75, 3.05) is 23.7 Å². The lowest BCUT2D eigenvalue weighted by Crippen LogP contribution is -2.51. The zero-order valence-electron chi connectivity index (χ0n) is 17.8. The molecule has 174 valence electrons. The van der Waals surface area contributed by atoms with Crippen LogP contribution in [0.4, 0.5) is 5.69 Å². The van der Waals surface area contributed by atoms with E-state index >= 15 is 0 Å². The van der Waals surface area contributed by atoms with E-state index < -0.39 is 28.5 Å². The Hall–Kier alpha value is -2.00. The molecule has 1 N–H and O–H groups in total. The van der Waals surface area contributed by atoms with Gasteiger partial charge in [0.25, 0.3) is 0 Å². The van der Waals surface area contributed by atoms with Crippen LogP contribution >= 0.6 is 34.8 Å². The molecule has 32 heavy (non-hydrogen) atoms. The van der Waals surface area contributed by atoms with Crippen LogP contribution in [-0.4, -0.2) is 50.5 Å². The van der Waals surface area contributed by atoms with E-state index in [2.05, 4.69) is 5.32 Å². The summed E-state index contributed by atoms with van der Waals surface area (Å²) in [5.74, 6) is -0.963. The molecule has 0 radical (unpaired) electrons. The number of hydrogen-bond donors (Lipinski definition) is 1. The predicted molar refractivity (Wildman–Crippen MR) is 129 cm³/mol. The number of sulfonamides is 1. The first-order chi connectivity index (χ1) is 14.9. The third-order valence-corrected chi connectivity index (χ3v) is 6.58. The smallest absolute Gasteiger partial charge is 0.244 e. The Bertz CT molecular complexity index is 1080. The van der Waals surface area contributed by atoms with Gasteiger partial charge in [-0.05, 0) is 43.7 Å². The van der Waals surface area contributed by atoms with E-state index in [1.54, 1.807) is 38.1 Å². The number of likely N-dealkylation sites (N-methyl/N-ethyl adjacent to an activating group) is 1. The number of rotatable bonds is 9. The average Bonchev–Trinajstić information content (AvgIpc) is 2.69. The number of anilines is 1. The van der Waals surface area contributed by atoms with Crippen molar-refractivity contribution in [1.29, 1.82) is 0 Å². The molecule has 0 aliphatic rings. The molecule has 2 rings (SSSR count). The van der Waals surface area contributed by atoms with Gasteiger partial charge in [-0.25, -0.2) is 8.42 Å². The Labute approximate surface area is 203 Å². The van der Waals surface area contributed by atoms with Crippen LogP contribution in [-0.2, 0) is 26.2 Å². The molecular weight excluding hydrogens is 497 g/mol. The van der Waals surface area contributed by atoms with Gasteiger partial charge in [-0.15, -0.1) is 0 Å². The molecule has 0 aromatic heterocycles. The van der Waals surface area contributed by atoms with Crippen molar-refractivity contribution in [2.24, 2.45) is 0 Å². The number of carbonyl (C=O) groups is 2. The van der Waals surface area contributed by atoms with Crippen molar-refractivity contribution in [3.8, 4) is 0 Å². The summed E-state index contributed by atoms with van der Waals surface area (Å²) in [5, 5.41) is 3.54. The minimum Gasteiger partial charge on any atom is -0.355 e. The maximum atomic E-state index is 13.3. The van der Waals surface area contributed by atoms with E-state index in [4.69, 9.17) is 34.8 Å². The molecular formula is C21H24Cl3N3O4S. The SMILES string of the molecule is CCNC(=O)[C@H](C)N(Cc1ccccc1Cl)C(=O)CN(c1cc(Cl)cc(Cl)c1)S(C)(=O)=O. The van der Waals surface area contributed by atoms with Crippen LogP contribution < -0.4 is 9.62 Å². The van der Waals surface area contributed by atoms with Gasteiger partial charge in [0.05, 0.1) is 11.9 Å². The molecule has 0 aliphatic heterocycles. The van der Waals surface area contributed by atoms with E-state index in [1.807, 2.05) is 0 Å². The average molecular weight is 521 g/mol. The maximum absolute atomic E-state index is 13.3. The minimum atomic E-state index is -3.88. The Morgan fingerprint density at radius 2 is 1.66 bits per heavy atom. The van der Waals surface area contributed by atoms with Crippen molar-refractivity contribution in [1.82, 2.24) is 10.2 Å². The molecule has 1 atom stereocenters. The van der Waals surface area contributed by atoms with Crippen LogP contribution in [0.1, 0.15) is 19.4 Å². The summed E-state index contributed by atoms with van der Waals surface area (Å²) in [6, 6.07) is 10.3. The van der Waals surface area contributed by atoms with E-state index in [-0.39, 0.29) is 28.2 Å². The third kappa shape index (κ3) is 7.00. The minimum absolute atomic E-state index is 0.0186. The number of nitrogens with one attached hydrogen (secondary N) is 1. The molecule has 0 fully saturated rings. The molecule has 0 unspecified atom stereocenters. The summed E-state index contributed by atoms with van der Waals surface area (Å²) in [7, 11) is -3.88. The van der Waals surface area contributed by atoms with Gasteiger partial charge < -0.3 is 10.2 Å². The highest BCUT2D eigenvalue weighted by molar-refractivity contribution is 7.92. The molecule has 2 amide bonds. The van der Waals surface area contributed by atoms with Gasteiger partial charge in [-0.1, -0.05) is 53.0 Å². The summed E-state index contributed by atoms with van der Waals surface area (Å²) in [4.78, 5) is 27.1. The summed E-state index contributed by atoms with van der Waals surface area (Å²) in [5.41, 5.74) is 0.761. The van der Waals surface area contributed by atoms with Gasteiger partial charge in [0.15, 0.2) is 0 Å². The third-order valence-electron chi connectivity index (χ3n) is 4.63. The van der Waals surface area contributed by atoms with Gasteiger partial charge >= 0.3 is 0 Å². The zero-order valence-corrected chi connectivity index (χ0v) is 20.9. The van der Waals surface area contributed by atoms with Crippen LogP contribution in [0.5, 0.6) is 0 Å². The molecule has 11 heteroatoms. The molecule has 0 spiro atoms. The second-order valence-electron chi connectivity index (χ2n) is 7.08. The van der Waals surface area contributed by atoms with Crippen LogP contribution in [0, 0.1) is 0 Å². The van der Waals surface area contributed by atoms with Gasteiger partial charge in [-0.3, -0.25) is 13.9 Å². The van der Waals surface area contributed by atoms with Crippen molar-refractivity contribution < 1.29 is 18.0 Å². The maximum Gasteiger partial charge on any atom is 0.244 e. The van der Waals surface area contributed by atoms with Crippen LogP contribution in [0.3, 0.4) is 0 Å². The summed E-state index contributed by atoms with van der Waals surface area (Å²) < 4.78 is 25.9. The molecule has 0 aliphatic carbocycles. The summed E-state index contributed by atoms with van der Waals surface area (Å²) in [6.45, 7) is 3.18. The highest BCUT2D eigenvalue weighted by atomic mass is 35.5. The van der Waals surface area contributed by atoms with Gasteiger partial charge in [0.1, 0.15) is 12.6 Å². The van der Waals surface area contributed by atoms with Crippen LogP contribution in [0.2, 0.25) is 15.1 Å². The lowest BCUT2D eigenvalue weighted by Gasteiger charge is -2.31. The topological polar surface area (TPSA) is 86.8 Å². The Kier molecular flexibility index (Phi) is 9.21. The Morgan fingerprint density at radius 1 is 1.06 bits per heavy atom. The first-order valence-electron chi connectivity index (χ1n) is 9.68. The fourth-order valence-electron chi connectivity index (χ4n) is 3.01. The predicted octanol–water partition coefficient (Wildman–Crippen LogP) is 3.97. The Morgan fingerprint density at radius 3 is 2.19 bits per heavy atom. The Balaban J connectivity index is 2.43. The highest BCUT2D eigenvalue weighted by Gasteiger charge is 2.30. The van der Waals surface area contributed by atoms with Crippen LogP contribution in [0.15, 0.2) is 42.5 Å². The van der Waals surface area contributed by atoms with E-state index in [1.165, 1.54) is 23.1 Å². The molecule has 0 saturated heterocycles. The number of halogens is 3. The van der Waals surface area contributed by atoms with E-state index in [9.17, 15) is 18.0 Å².